The molecular formula is C16H17ClO2. The van der Waals surface area contributed by atoms with Crippen molar-refractivity contribution in [3.05, 3.63) is 60.2 Å². The van der Waals surface area contributed by atoms with E-state index in [9.17, 15) is 0 Å². The third-order valence-corrected chi connectivity index (χ3v) is 3.10. The first-order chi connectivity index (χ1) is 9.33. The van der Waals surface area contributed by atoms with Gasteiger partial charge in [-0.1, -0.05) is 30.3 Å². The van der Waals surface area contributed by atoms with E-state index in [1.165, 1.54) is 0 Å². The molecule has 2 nitrogen and oxygen atoms in total. The highest BCUT2D eigenvalue weighted by Gasteiger charge is 2.12. The Morgan fingerprint density at radius 3 is 2.16 bits per heavy atom. The third-order valence-electron chi connectivity index (χ3n) is 2.88. The van der Waals surface area contributed by atoms with Crippen LogP contribution in [0.5, 0.6) is 11.5 Å². The molecule has 1 unspecified atom stereocenters. The standard InChI is InChI=1S/C16H17ClO2/c1-18-14-7-9-15(10-8-14)19-16(11-12-17)13-5-3-2-4-6-13/h2-10,16H,11-12H2,1H3. The van der Waals surface area contributed by atoms with Gasteiger partial charge >= 0.3 is 0 Å². The maximum atomic E-state index is 6.00. The number of halogens is 1. The molecule has 19 heavy (non-hydrogen) atoms. The Balaban J connectivity index is 2.11. The van der Waals surface area contributed by atoms with E-state index in [0.717, 1.165) is 23.5 Å². The Hall–Kier alpha value is -1.67. The summed E-state index contributed by atoms with van der Waals surface area (Å²) in [4.78, 5) is 0. The molecule has 100 valence electrons. The molecular weight excluding hydrogens is 260 g/mol. The topological polar surface area (TPSA) is 18.5 Å². The lowest BCUT2D eigenvalue weighted by atomic mass is 10.1. The molecule has 3 heteroatoms. The normalized spacial score (nSPS) is 11.9. The molecule has 0 fully saturated rings. The quantitative estimate of drug-likeness (QED) is 0.726. The molecule has 0 N–H and O–H groups in total. The van der Waals surface area contributed by atoms with Crippen molar-refractivity contribution in [3.8, 4) is 11.5 Å². The Morgan fingerprint density at radius 1 is 0.947 bits per heavy atom. The fraction of sp³-hybridized carbons (Fsp3) is 0.250. The average molecular weight is 277 g/mol. The van der Waals surface area contributed by atoms with Crippen LogP contribution in [0, 0.1) is 0 Å². The van der Waals surface area contributed by atoms with Gasteiger partial charge in [-0.15, -0.1) is 11.6 Å². The Labute approximate surface area is 118 Å². The zero-order valence-electron chi connectivity index (χ0n) is 10.9. The van der Waals surface area contributed by atoms with Crippen LogP contribution in [-0.2, 0) is 0 Å². The summed E-state index contributed by atoms with van der Waals surface area (Å²) in [6.45, 7) is 0. The van der Waals surface area contributed by atoms with Gasteiger partial charge in [0.25, 0.3) is 0 Å². The third kappa shape index (κ3) is 3.90. The smallest absolute Gasteiger partial charge is 0.125 e. The minimum Gasteiger partial charge on any atom is -0.497 e. The van der Waals surface area contributed by atoms with Gasteiger partial charge in [-0.05, 0) is 29.8 Å². The summed E-state index contributed by atoms with van der Waals surface area (Å²) in [6.07, 6.45) is 0.754. The molecule has 2 aromatic rings. The molecule has 0 aliphatic carbocycles. The number of methoxy groups -OCH3 is 1. The van der Waals surface area contributed by atoms with Crippen LogP contribution in [0.2, 0.25) is 0 Å². The van der Waals surface area contributed by atoms with E-state index in [1.807, 2.05) is 42.5 Å². The van der Waals surface area contributed by atoms with Gasteiger partial charge < -0.3 is 9.47 Å². The van der Waals surface area contributed by atoms with E-state index >= 15 is 0 Å². The molecule has 0 heterocycles. The van der Waals surface area contributed by atoms with Crippen LogP contribution < -0.4 is 9.47 Å². The van der Waals surface area contributed by atoms with Crippen molar-refractivity contribution < 1.29 is 9.47 Å². The van der Waals surface area contributed by atoms with Gasteiger partial charge in [-0.2, -0.15) is 0 Å². The van der Waals surface area contributed by atoms with Crippen LogP contribution >= 0.6 is 11.6 Å². The van der Waals surface area contributed by atoms with Gasteiger partial charge in [-0.3, -0.25) is 0 Å². The summed E-state index contributed by atoms with van der Waals surface area (Å²) in [5, 5.41) is 0. The number of rotatable bonds is 6. The van der Waals surface area contributed by atoms with E-state index in [4.69, 9.17) is 21.1 Å². The molecule has 0 aromatic heterocycles. The minimum atomic E-state index is -0.0212. The summed E-state index contributed by atoms with van der Waals surface area (Å²) in [5.41, 5.74) is 1.14. The largest absolute Gasteiger partial charge is 0.497 e. The molecule has 0 aliphatic rings. The average Bonchev–Trinajstić information content (AvgIpc) is 2.48. The predicted octanol–water partition coefficient (Wildman–Crippen LogP) is 4.44. The summed E-state index contributed by atoms with van der Waals surface area (Å²) in [7, 11) is 1.65. The van der Waals surface area contributed by atoms with Crippen molar-refractivity contribution >= 4 is 11.6 Å². The van der Waals surface area contributed by atoms with Gasteiger partial charge in [0.2, 0.25) is 0 Å². The van der Waals surface area contributed by atoms with E-state index in [-0.39, 0.29) is 6.10 Å². The van der Waals surface area contributed by atoms with Crippen molar-refractivity contribution in [1.82, 2.24) is 0 Å². The molecule has 0 amide bonds. The molecule has 2 aromatic carbocycles. The van der Waals surface area contributed by atoms with Crippen molar-refractivity contribution in [2.24, 2.45) is 0 Å². The van der Waals surface area contributed by atoms with Crippen molar-refractivity contribution in [2.75, 3.05) is 13.0 Å². The lowest BCUT2D eigenvalue weighted by Gasteiger charge is -2.18. The van der Waals surface area contributed by atoms with E-state index < -0.39 is 0 Å². The second-order valence-corrected chi connectivity index (χ2v) is 4.55. The van der Waals surface area contributed by atoms with Crippen LogP contribution in [0.1, 0.15) is 18.1 Å². The SMILES string of the molecule is COc1ccc(OC(CCCl)c2ccccc2)cc1. The van der Waals surface area contributed by atoms with Crippen LogP contribution in [0.4, 0.5) is 0 Å². The fourth-order valence-electron chi connectivity index (χ4n) is 1.88. The van der Waals surface area contributed by atoms with Crippen molar-refractivity contribution in [2.45, 2.75) is 12.5 Å². The summed E-state index contributed by atoms with van der Waals surface area (Å²) in [6, 6.07) is 17.7. The number of benzene rings is 2. The van der Waals surface area contributed by atoms with Crippen molar-refractivity contribution in [1.29, 1.82) is 0 Å². The number of hydrogen-bond donors (Lipinski definition) is 0. The molecule has 0 spiro atoms. The molecule has 0 saturated carbocycles. The van der Waals surface area contributed by atoms with E-state index in [1.54, 1.807) is 7.11 Å². The zero-order chi connectivity index (χ0) is 13.5. The monoisotopic (exact) mass is 276 g/mol. The predicted molar refractivity (Wildman–Crippen MR) is 78.1 cm³/mol. The lowest BCUT2D eigenvalue weighted by molar-refractivity contribution is 0.202. The second kappa shape index (κ2) is 7.05. The number of hydrogen-bond acceptors (Lipinski definition) is 2. The van der Waals surface area contributed by atoms with E-state index in [0.29, 0.717) is 5.88 Å². The van der Waals surface area contributed by atoms with Gasteiger partial charge in [0.15, 0.2) is 0 Å². The van der Waals surface area contributed by atoms with Gasteiger partial charge in [0, 0.05) is 12.3 Å². The second-order valence-electron chi connectivity index (χ2n) is 4.17. The van der Waals surface area contributed by atoms with Crippen LogP contribution in [0.3, 0.4) is 0 Å². The summed E-state index contributed by atoms with van der Waals surface area (Å²) in [5.74, 6) is 2.20. The Kier molecular flexibility index (Phi) is 5.10. The minimum absolute atomic E-state index is 0.0212. The zero-order valence-corrected chi connectivity index (χ0v) is 11.6. The first-order valence-corrected chi connectivity index (χ1v) is 6.78. The summed E-state index contributed by atoms with van der Waals surface area (Å²) < 4.78 is 11.1. The van der Waals surface area contributed by atoms with Gasteiger partial charge in [0.05, 0.1) is 7.11 Å². The summed E-state index contributed by atoms with van der Waals surface area (Å²) >= 11 is 5.86. The highest BCUT2D eigenvalue weighted by molar-refractivity contribution is 6.17. The highest BCUT2D eigenvalue weighted by atomic mass is 35.5. The first kappa shape index (κ1) is 13.8. The maximum absolute atomic E-state index is 6.00. The Bertz CT molecular complexity index is 482. The molecule has 1 atom stereocenters. The van der Waals surface area contributed by atoms with E-state index in [2.05, 4.69) is 12.1 Å². The molecule has 0 radical (unpaired) electrons. The maximum Gasteiger partial charge on any atom is 0.125 e. The molecule has 0 bridgehead atoms. The van der Waals surface area contributed by atoms with Gasteiger partial charge in [-0.25, -0.2) is 0 Å². The molecule has 0 saturated heterocycles. The fourth-order valence-corrected chi connectivity index (χ4v) is 2.08. The van der Waals surface area contributed by atoms with Gasteiger partial charge in [0.1, 0.15) is 17.6 Å². The van der Waals surface area contributed by atoms with Crippen LogP contribution in [0.25, 0.3) is 0 Å². The van der Waals surface area contributed by atoms with Crippen LogP contribution in [0.15, 0.2) is 54.6 Å². The first-order valence-electron chi connectivity index (χ1n) is 6.25. The van der Waals surface area contributed by atoms with Crippen molar-refractivity contribution in [3.63, 3.8) is 0 Å². The molecule has 2 rings (SSSR count). The lowest BCUT2D eigenvalue weighted by Crippen LogP contribution is -2.08. The number of alkyl halides is 1. The highest BCUT2D eigenvalue weighted by Crippen LogP contribution is 2.26. The van der Waals surface area contributed by atoms with Crippen LogP contribution in [-0.4, -0.2) is 13.0 Å². The molecule has 0 aliphatic heterocycles. The Morgan fingerprint density at radius 2 is 1.58 bits per heavy atom. The number of ether oxygens (including phenoxy) is 2.